The van der Waals surface area contributed by atoms with Gasteiger partial charge in [0.15, 0.2) is 0 Å². The number of ether oxygens (including phenoxy) is 3. The third-order valence-corrected chi connectivity index (χ3v) is 5.99. The predicted octanol–water partition coefficient (Wildman–Crippen LogP) is 5.51. The third-order valence-electron chi connectivity index (χ3n) is 5.99. The van der Waals surface area contributed by atoms with Gasteiger partial charge in [-0.15, -0.1) is 0 Å². The molecule has 0 bridgehead atoms. The lowest BCUT2D eigenvalue weighted by atomic mass is 9.98. The van der Waals surface area contributed by atoms with Crippen molar-refractivity contribution in [3.8, 4) is 29.1 Å². The first-order valence-electron chi connectivity index (χ1n) is 10.7. The van der Waals surface area contributed by atoms with Crippen molar-refractivity contribution in [2.24, 2.45) is 0 Å². The summed E-state index contributed by atoms with van der Waals surface area (Å²) in [6.07, 6.45) is 0.703. The van der Waals surface area contributed by atoms with Crippen LogP contribution in [-0.4, -0.2) is 17.7 Å². The molecule has 1 N–H and O–H groups in total. The summed E-state index contributed by atoms with van der Waals surface area (Å²) in [5.74, 6) is 0.786. The van der Waals surface area contributed by atoms with E-state index < -0.39 is 12.1 Å². The number of halogens is 1. The van der Waals surface area contributed by atoms with Crippen LogP contribution in [0.25, 0.3) is 0 Å². The first-order chi connectivity index (χ1) is 16.0. The van der Waals surface area contributed by atoms with Gasteiger partial charge in [0.2, 0.25) is 0 Å². The number of carbonyl (C=O) groups is 1. The van der Waals surface area contributed by atoms with Crippen LogP contribution in [0.1, 0.15) is 47.1 Å². The van der Waals surface area contributed by atoms with E-state index in [1.54, 1.807) is 42.5 Å². The monoisotopic (exact) mass is 445 g/mol. The SMILES string of the molecule is N#Cc1cccc(Oc2ccc(F)c3c2CCC3Oc2ccc3c(c2)OCC3CC(=O)O)c1. The number of carboxylic acid groups (broad SMARTS) is 1. The van der Waals surface area contributed by atoms with Gasteiger partial charge in [-0.05, 0) is 49.2 Å². The normalized spacial score (nSPS) is 18.1. The minimum Gasteiger partial charge on any atom is -0.492 e. The number of carboxylic acids is 1. The fourth-order valence-electron chi connectivity index (χ4n) is 4.49. The fourth-order valence-corrected chi connectivity index (χ4v) is 4.49. The van der Waals surface area contributed by atoms with Crippen LogP contribution in [0.5, 0.6) is 23.0 Å². The fraction of sp³-hybridized carbons (Fsp3) is 0.231. The maximum absolute atomic E-state index is 14.8. The summed E-state index contributed by atoms with van der Waals surface area (Å²) in [4.78, 5) is 11.0. The Morgan fingerprint density at radius 2 is 2.06 bits per heavy atom. The second-order valence-electron chi connectivity index (χ2n) is 8.13. The number of fused-ring (bicyclic) bond motifs is 2. The Balaban J connectivity index is 1.38. The van der Waals surface area contributed by atoms with E-state index in [2.05, 4.69) is 6.07 Å². The summed E-state index contributed by atoms with van der Waals surface area (Å²) in [5.41, 5.74) is 2.55. The molecule has 0 spiro atoms. The number of rotatable bonds is 6. The van der Waals surface area contributed by atoms with E-state index in [9.17, 15) is 9.18 Å². The molecule has 1 heterocycles. The number of nitriles is 1. The van der Waals surface area contributed by atoms with Crippen LogP contribution in [0.4, 0.5) is 4.39 Å². The number of aliphatic carboxylic acids is 1. The number of nitrogens with zero attached hydrogens (tertiary/aromatic N) is 1. The Labute approximate surface area is 189 Å². The molecule has 3 aromatic rings. The Morgan fingerprint density at radius 3 is 2.88 bits per heavy atom. The van der Waals surface area contributed by atoms with Gasteiger partial charge in [0.1, 0.15) is 34.9 Å². The lowest BCUT2D eigenvalue weighted by molar-refractivity contribution is -0.137. The molecule has 2 aliphatic rings. The molecule has 0 aromatic heterocycles. The third kappa shape index (κ3) is 4.08. The Hall–Kier alpha value is -4.05. The van der Waals surface area contributed by atoms with Crippen molar-refractivity contribution in [2.45, 2.75) is 31.3 Å². The lowest BCUT2D eigenvalue weighted by Crippen LogP contribution is -2.07. The first-order valence-corrected chi connectivity index (χ1v) is 10.7. The largest absolute Gasteiger partial charge is 0.492 e. The molecule has 1 aliphatic heterocycles. The van der Waals surface area contributed by atoms with Crippen LogP contribution in [0, 0.1) is 17.1 Å². The molecule has 166 valence electrons. The van der Waals surface area contributed by atoms with Crippen LogP contribution in [0.15, 0.2) is 54.6 Å². The highest BCUT2D eigenvalue weighted by atomic mass is 19.1. The zero-order chi connectivity index (χ0) is 22.9. The number of hydrogen-bond acceptors (Lipinski definition) is 5. The van der Waals surface area contributed by atoms with Gasteiger partial charge >= 0.3 is 5.97 Å². The molecule has 5 rings (SSSR count). The molecule has 0 amide bonds. The molecular formula is C26H20FNO5. The van der Waals surface area contributed by atoms with Gasteiger partial charge in [-0.25, -0.2) is 4.39 Å². The molecule has 0 saturated carbocycles. The molecule has 7 heteroatoms. The molecule has 0 fully saturated rings. The predicted molar refractivity (Wildman–Crippen MR) is 116 cm³/mol. The van der Waals surface area contributed by atoms with Crippen LogP contribution in [0.3, 0.4) is 0 Å². The summed E-state index contributed by atoms with van der Waals surface area (Å²) in [5, 5.41) is 18.2. The molecule has 2 atom stereocenters. The number of benzene rings is 3. The lowest BCUT2D eigenvalue weighted by Gasteiger charge is -2.17. The summed E-state index contributed by atoms with van der Waals surface area (Å²) in [6.45, 7) is 0.319. The van der Waals surface area contributed by atoms with Gasteiger partial charge < -0.3 is 19.3 Å². The van der Waals surface area contributed by atoms with E-state index in [0.717, 1.165) is 11.1 Å². The van der Waals surface area contributed by atoms with Crippen molar-refractivity contribution in [2.75, 3.05) is 6.61 Å². The summed E-state index contributed by atoms with van der Waals surface area (Å²) >= 11 is 0. The molecule has 3 aromatic carbocycles. The minimum atomic E-state index is -0.868. The van der Waals surface area contributed by atoms with Crippen LogP contribution < -0.4 is 14.2 Å². The Kier molecular flexibility index (Phi) is 5.35. The highest BCUT2D eigenvalue weighted by Crippen LogP contribution is 2.44. The van der Waals surface area contributed by atoms with E-state index in [-0.39, 0.29) is 18.2 Å². The summed E-state index contributed by atoms with van der Waals surface area (Å²) < 4.78 is 32.6. The average Bonchev–Trinajstić information content (AvgIpc) is 3.40. The van der Waals surface area contributed by atoms with Crippen LogP contribution in [-0.2, 0) is 11.2 Å². The minimum absolute atomic E-state index is 0.00840. The van der Waals surface area contributed by atoms with Crippen LogP contribution in [0.2, 0.25) is 0 Å². The van der Waals surface area contributed by atoms with Gasteiger partial charge in [-0.3, -0.25) is 4.79 Å². The van der Waals surface area contributed by atoms with Crippen molar-refractivity contribution in [3.63, 3.8) is 0 Å². The van der Waals surface area contributed by atoms with E-state index >= 15 is 0 Å². The first kappa shape index (κ1) is 20.8. The molecule has 0 saturated heterocycles. The standard InChI is InChI=1S/C26H20FNO5/c27-21-7-9-22(32-17-3-1-2-15(10-17)13-28)20-6-8-23(26(20)21)33-18-4-5-19-16(11-25(29)30)14-31-24(19)12-18/h1-5,7,9-10,12,16,23H,6,8,11,14H2,(H,29,30). The zero-order valence-corrected chi connectivity index (χ0v) is 17.6. The van der Waals surface area contributed by atoms with E-state index in [4.69, 9.17) is 24.6 Å². The highest BCUT2D eigenvalue weighted by Gasteiger charge is 2.32. The maximum Gasteiger partial charge on any atom is 0.304 e. The smallest absolute Gasteiger partial charge is 0.304 e. The zero-order valence-electron chi connectivity index (χ0n) is 17.6. The Bertz CT molecular complexity index is 1280. The van der Waals surface area contributed by atoms with Gasteiger partial charge in [0, 0.05) is 28.7 Å². The quantitative estimate of drug-likeness (QED) is 0.538. The molecule has 1 aliphatic carbocycles. The van der Waals surface area contributed by atoms with Crippen LogP contribution >= 0.6 is 0 Å². The van der Waals surface area contributed by atoms with Crippen molar-refractivity contribution >= 4 is 5.97 Å². The van der Waals surface area contributed by atoms with Crippen molar-refractivity contribution < 1.29 is 28.5 Å². The van der Waals surface area contributed by atoms with Gasteiger partial charge in [-0.2, -0.15) is 5.26 Å². The second kappa shape index (κ2) is 8.47. The van der Waals surface area contributed by atoms with E-state index in [0.29, 0.717) is 53.6 Å². The highest BCUT2D eigenvalue weighted by molar-refractivity contribution is 5.68. The molecule has 0 radical (unpaired) electrons. The second-order valence-corrected chi connectivity index (χ2v) is 8.13. The molecule has 6 nitrogen and oxygen atoms in total. The summed E-state index contributed by atoms with van der Waals surface area (Å²) in [7, 11) is 0. The van der Waals surface area contributed by atoms with E-state index in [1.165, 1.54) is 6.07 Å². The van der Waals surface area contributed by atoms with E-state index in [1.807, 2.05) is 6.07 Å². The summed E-state index contributed by atoms with van der Waals surface area (Å²) in [6, 6.07) is 17.2. The van der Waals surface area contributed by atoms with Crippen molar-refractivity contribution in [1.82, 2.24) is 0 Å². The topological polar surface area (TPSA) is 88.8 Å². The Morgan fingerprint density at radius 1 is 1.18 bits per heavy atom. The number of hydrogen-bond donors (Lipinski definition) is 1. The van der Waals surface area contributed by atoms with Gasteiger partial charge in [-0.1, -0.05) is 12.1 Å². The molecular weight excluding hydrogens is 425 g/mol. The van der Waals surface area contributed by atoms with Gasteiger partial charge in [0.05, 0.1) is 24.7 Å². The molecule has 33 heavy (non-hydrogen) atoms. The van der Waals surface area contributed by atoms with Crippen molar-refractivity contribution in [3.05, 3.63) is 82.7 Å². The van der Waals surface area contributed by atoms with Crippen molar-refractivity contribution in [1.29, 1.82) is 5.26 Å². The molecule has 2 unspecified atom stereocenters. The maximum atomic E-state index is 14.8. The average molecular weight is 445 g/mol. The van der Waals surface area contributed by atoms with Gasteiger partial charge in [0.25, 0.3) is 0 Å².